The Kier molecular flexibility index (Phi) is 5.10. The van der Waals surface area contributed by atoms with Gasteiger partial charge in [-0.05, 0) is 36.4 Å². The molecule has 0 radical (unpaired) electrons. The normalized spacial score (nSPS) is 10.9. The number of nitrogens with one attached hydrogen (secondary N) is 1. The van der Waals surface area contributed by atoms with Crippen LogP contribution in [0.3, 0.4) is 0 Å². The van der Waals surface area contributed by atoms with Gasteiger partial charge >= 0.3 is 0 Å². The first-order chi connectivity index (χ1) is 13.1. The third-order valence-electron chi connectivity index (χ3n) is 3.67. The zero-order valence-corrected chi connectivity index (χ0v) is 14.0. The summed E-state index contributed by atoms with van der Waals surface area (Å²) in [4.78, 5) is 22.4. The average molecular weight is 359 g/mol. The quantitative estimate of drug-likeness (QED) is 0.314. The maximum Gasteiger partial charge on any atom is 0.269 e. The molecule has 1 N–H and O–H groups in total. The first kappa shape index (κ1) is 17.6. The van der Waals surface area contributed by atoms with E-state index in [9.17, 15) is 20.2 Å². The van der Waals surface area contributed by atoms with Crippen LogP contribution in [0.4, 0.5) is 11.4 Å². The number of nitrogens with zero attached hydrogens (tertiary/aromatic N) is 2. The van der Waals surface area contributed by atoms with Crippen molar-refractivity contribution in [3.8, 4) is 17.4 Å². The molecule has 0 spiro atoms. The van der Waals surface area contributed by atoms with Crippen LogP contribution in [-0.2, 0) is 4.79 Å². The lowest BCUT2D eigenvalue weighted by atomic mass is 10.1. The van der Waals surface area contributed by atoms with Gasteiger partial charge in [-0.25, -0.2) is 0 Å². The van der Waals surface area contributed by atoms with Crippen LogP contribution in [0, 0.1) is 21.4 Å². The molecule has 132 valence electrons. The molecule has 0 saturated heterocycles. The summed E-state index contributed by atoms with van der Waals surface area (Å²) in [7, 11) is 0. The van der Waals surface area contributed by atoms with Crippen LogP contribution in [0.2, 0.25) is 0 Å². The maximum atomic E-state index is 12.2. The van der Waals surface area contributed by atoms with E-state index in [1.807, 2.05) is 12.1 Å². The third-order valence-corrected chi connectivity index (χ3v) is 3.67. The van der Waals surface area contributed by atoms with Crippen LogP contribution in [0.25, 0.3) is 17.4 Å². The van der Waals surface area contributed by atoms with Gasteiger partial charge in [0.2, 0.25) is 0 Å². The highest BCUT2D eigenvalue weighted by Crippen LogP contribution is 2.25. The molecule has 0 aliphatic carbocycles. The second-order valence-electron chi connectivity index (χ2n) is 5.50. The van der Waals surface area contributed by atoms with E-state index in [1.54, 1.807) is 48.5 Å². The summed E-state index contributed by atoms with van der Waals surface area (Å²) >= 11 is 0. The molecule has 7 nitrogen and oxygen atoms in total. The Labute approximate surface area is 154 Å². The first-order valence-electron chi connectivity index (χ1n) is 7.89. The van der Waals surface area contributed by atoms with E-state index in [0.717, 1.165) is 0 Å². The predicted molar refractivity (Wildman–Crippen MR) is 99.5 cm³/mol. The van der Waals surface area contributed by atoms with Crippen LogP contribution in [-0.4, -0.2) is 10.8 Å². The molecule has 0 aliphatic heterocycles. The minimum atomic E-state index is -0.544. The molecular formula is C20H13N3O4. The van der Waals surface area contributed by atoms with Gasteiger partial charge in [0.1, 0.15) is 23.2 Å². The summed E-state index contributed by atoms with van der Waals surface area (Å²) in [6.07, 6.45) is 1.34. The number of rotatable bonds is 5. The number of non-ortho nitro benzene ring substituents is 1. The highest BCUT2D eigenvalue weighted by molar-refractivity contribution is 6.09. The molecule has 3 rings (SSSR count). The minimum absolute atomic E-state index is 0.0187. The fourth-order valence-corrected chi connectivity index (χ4v) is 2.34. The molecule has 0 atom stereocenters. The van der Waals surface area contributed by atoms with E-state index in [0.29, 0.717) is 22.8 Å². The summed E-state index contributed by atoms with van der Waals surface area (Å²) in [5.74, 6) is 0.247. The second-order valence-corrected chi connectivity index (χ2v) is 5.50. The van der Waals surface area contributed by atoms with Gasteiger partial charge in [0.05, 0.1) is 4.92 Å². The Morgan fingerprint density at radius 2 is 1.78 bits per heavy atom. The smallest absolute Gasteiger partial charge is 0.269 e. The number of nitriles is 1. The van der Waals surface area contributed by atoms with Crippen molar-refractivity contribution < 1.29 is 14.1 Å². The molecule has 0 fully saturated rings. The van der Waals surface area contributed by atoms with Crippen molar-refractivity contribution in [2.75, 3.05) is 5.32 Å². The Bertz CT molecular complexity index is 1040. The number of hydrogen-bond acceptors (Lipinski definition) is 5. The average Bonchev–Trinajstić information content (AvgIpc) is 3.15. The molecular weight excluding hydrogens is 346 g/mol. The van der Waals surface area contributed by atoms with Crippen molar-refractivity contribution in [1.82, 2.24) is 0 Å². The van der Waals surface area contributed by atoms with Gasteiger partial charge < -0.3 is 9.73 Å². The fourth-order valence-electron chi connectivity index (χ4n) is 2.34. The van der Waals surface area contributed by atoms with Crippen molar-refractivity contribution in [3.63, 3.8) is 0 Å². The minimum Gasteiger partial charge on any atom is -0.457 e. The molecule has 1 aromatic heterocycles. The van der Waals surface area contributed by atoms with Gasteiger partial charge in [-0.15, -0.1) is 0 Å². The fraction of sp³-hybridized carbons (Fsp3) is 0. The predicted octanol–water partition coefficient (Wildman–Crippen LogP) is 4.40. The van der Waals surface area contributed by atoms with Gasteiger partial charge in [-0.3, -0.25) is 14.9 Å². The summed E-state index contributed by atoms with van der Waals surface area (Å²) < 4.78 is 5.63. The second kappa shape index (κ2) is 7.80. The zero-order chi connectivity index (χ0) is 19.2. The van der Waals surface area contributed by atoms with Crippen LogP contribution in [0.1, 0.15) is 5.76 Å². The van der Waals surface area contributed by atoms with E-state index in [1.165, 1.54) is 18.2 Å². The Hall–Kier alpha value is -4.18. The lowest BCUT2D eigenvalue weighted by molar-refractivity contribution is -0.384. The number of carbonyl (C=O) groups excluding carboxylic acids is 1. The number of nitro groups is 1. The third kappa shape index (κ3) is 4.27. The summed E-state index contributed by atoms with van der Waals surface area (Å²) in [5, 5.41) is 22.6. The highest BCUT2D eigenvalue weighted by Gasteiger charge is 2.12. The van der Waals surface area contributed by atoms with E-state index in [2.05, 4.69) is 5.32 Å². The van der Waals surface area contributed by atoms with Crippen LogP contribution in [0.15, 0.2) is 76.7 Å². The van der Waals surface area contributed by atoms with Gasteiger partial charge in [0, 0.05) is 29.5 Å². The Morgan fingerprint density at radius 1 is 1.07 bits per heavy atom. The van der Waals surface area contributed by atoms with Crippen LogP contribution in [0.5, 0.6) is 0 Å². The van der Waals surface area contributed by atoms with Crippen molar-refractivity contribution >= 4 is 23.4 Å². The molecule has 0 aliphatic rings. The molecule has 3 aromatic rings. The monoisotopic (exact) mass is 359 g/mol. The lowest BCUT2D eigenvalue weighted by Crippen LogP contribution is -2.13. The van der Waals surface area contributed by atoms with E-state index >= 15 is 0 Å². The lowest BCUT2D eigenvalue weighted by Gasteiger charge is -2.03. The van der Waals surface area contributed by atoms with Crippen molar-refractivity contribution in [2.45, 2.75) is 0 Å². The zero-order valence-electron chi connectivity index (χ0n) is 14.0. The number of furan rings is 1. The van der Waals surface area contributed by atoms with Crippen molar-refractivity contribution in [1.29, 1.82) is 5.26 Å². The molecule has 0 bridgehead atoms. The molecule has 7 heteroatoms. The number of benzene rings is 2. The summed E-state index contributed by atoms with van der Waals surface area (Å²) in [6, 6.07) is 19.8. The number of anilines is 1. The van der Waals surface area contributed by atoms with Gasteiger partial charge in [0.25, 0.3) is 11.6 Å². The number of para-hydroxylation sites is 1. The van der Waals surface area contributed by atoms with E-state index in [4.69, 9.17) is 4.42 Å². The topological polar surface area (TPSA) is 109 Å². The van der Waals surface area contributed by atoms with Gasteiger partial charge in [0.15, 0.2) is 0 Å². The first-order valence-corrected chi connectivity index (χ1v) is 7.89. The van der Waals surface area contributed by atoms with Crippen LogP contribution < -0.4 is 5.32 Å². The van der Waals surface area contributed by atoms with Gasteiger partial charge in [-0.2, -0.15) is 5.26 Å². The maximum absolute atomic E-state index is 12.2. The molecule has 0 saturated carbocycles. The largest absolute Gasteiger partial charge is 0.457 e. The highest BCUT2D eigenvalue weighted by atomic mass is 16.6. The van der Waals surface area contributed by atoms with Crippen LogP contribution >= 0.6 is 0 Å². The van der Waals surface area contributed by atoms with Crippen molar-refractivity contribution in [2.24, 2.45) is 0 Å². The molecule has 1 amide bonds. The van der Waals surface area contributed by atoms with Crippen molar-refractivity contribution in [3.05, 3.63) is 88.2 Å². The molecule has 27 heavy (non-hydrogen) atoms. The number of hydrogen-bond donors (Lipinski definition) is 1. The van der Waals surface area contributed by atoms with E-state index < -0.39 is 10.8 Å². The SMILES string of the molecule is N#C/C(=C/c1ccc(-c2ccc([N+](=O)[O-])cc2)o1)C(=O)Nc1ccccc1. The molecule has 0 unspecified atom stereocenters. The Morgan fingerprint density at radius 3 is 2.41 bits per heavy atom. The summed E-state index contributed by atoms with van der Waals surface area (Å²) in [5.41, 5.74) is 1.10. The number of nitro benzene ring substituents is 1. The Balaban J connectivity index is 1.79. The standard InChI is InChI=1S/C20H13N3O4/c21-13-15(20(24)22-16-4-2-1-3-5-16)12-18-10-11-19(27-18)14-6-8-17(9-7-14)23(25)26/h1-12H,(H,22,24)/b15-12-. The number of carbonyl (C=O) groups is 1. The number of amides is 1. The summed E-state index contributed by atoms with van der Waals surface area (Å²) in [6.45, 7) is 0. The van der Waals surface area contributed by atoms with Gasteiger partial charge in [-0.1, -0.05) is 18.2 Å². The molecule has 1 heterocycles. The van der Waals surface area contributed by atoms with E-state index in [-0.39, 0.29) is 11.3 Å². The molecule has 2 aromatic carbocycles.